The molecular weight excluding hydrogens is 232 g/mol. The molecule has 0 N–H and O–H groups in total. The van der Waals surface area contributed by atoms with E-state index < -0.39 is 0 Å². The van der Waals surface area contributed by atoms with E-state index in [4.69, 9.17) is 11.2 Å². The van der Waals surface area contributed by atoms with Crippen molar-refractivity contribution in [2.75, 3.05) is 6.61 Å². The van der Waals surface area contributed by atoms with E-state index in [1.807, 2.05) is 24.3 Å². The Morgan fingerprint density at radius 1 is 0.947 bits per heavy atom. The second-order valence-electron chi connectivity index (χ2n) is 4.96. The molecule has 0 aliphatic carbocycles. The first-order chi connectivity index (χ1) is 9.38. The second kappa shape index (κ2) is 10.5. The van der Waals surface area contributed by atoms with Crippen LogP contribution in [-0.4, -0.2) is 6.61 Å². The van der Waals surface area contributed by atoms with E-state index in [0.717, 1.165) is 24.3 Å². The van der Waals surface area contributed by atoms with Crippen molar-refractivity contribution in [3.05, 3.63) is 29.8 Å². The average molecular weight is 258 g/mol. The lowest BCUT2D eigenvalue weighted by molar-refractivity contribution is 0.303. The second-order valence-corrected chi connectivity index (χ2v) is 4.96. The van der Waals surface area contributed by atoms with Crippen molar-refractivity contribution in [1.29, 1.82) is 0 Å². The highest BCUT2D eigenvalue weighted by Crippen LogP contribution is 2.17. The van der Waals surface area contributed by atoms with Gasteiger partial charge in [0.15, 0.2) is 0 Å². The molecule has 19 heavy (non-hydrogen) atoms. The molecule has 1 heteroatoms. The first-order valence-electron chi connectivity index (χ1n) is 7.57. The van der Waals surface area contributed by atoms with Gasteiger partial charge in [-0.05, 0) is 18.6 Å². The number of hydrogen-bond donors (Lipinski definition) is 0. The zero-order valence-electron chi connectivity index (χ0n) is 12.2. The van der Waals surface area contributed by atoms with Crippen molar-refractivity contribution in [3.8, 4) is 18.1 Å². The van der Waals surface area contributed by atoms with E-state index >= 15 is 0 Å². The molecule has 0 unspecified atom stereocenters. The van der Waals surface area contributed by atoms with Crippen LogP contribution in [0.2, 0.25) is 0 Å². The van der Waals surface area contributed by atoms with Gasteiger partial charge in [0.05, 0.1) is 12.2 Å². The quantitative estimate of drug-likeness (QED) is 0.414. The maximum absolute atomic E-state index is 5.73. The summed E-state index contributed by atoms with van der Waals surface area (Å²) in [6.45, 7) is 3.03. The standard InChI is InChI=1S/C18H26O/c1-3-5-6-7-8-9-10-13-16-19-18-15-12-11-14-17(18)4-2/h2,11-12,14-15H,3,5-10,13,16H2,1H3. The number of para-hydroxylation sites is 1. The van der Waals surface area contributed by atoms with Gasteiger partial charge in [-0.1, -0.05) is 69.9 Å². The minimum Gasteiger partial charge on any atom is -0.492 e. The molecule has 0 amide bonds. The summed E-state index contributed by atoms with van der Waals surface area (Å²) < 4.78 is 5.73. The van der Waals surface area contributed by atoms with Crippen molar-refractivity contribution in [2.24, 2.45) is 0 Å². The van der Waals surface area contributed by atoms with Gasteiger partial charge in [-0.15, -0.1) is 6.42 Å². The summed E-state index contributed by atoms with van der Waals surface area (Å²) in [4.78, 5) is 0. The SMILES string of the molecule is C#Cc1ccccc1OCCCCCCCCCC. The predicted molar refractivity (Wildman–Crippen MR) is 82.5 cm³/mol. The molecule has 0 spiro atoms. The summed E-state index contributed by atoms with van der Waals surface area (Å²) >= 11 is 0. The third-order valence-corrected chi connectivity index (χ3v) is 3.30. The topological polar surface area (TPSA) is 9.23 Å². The minimum absolute atomic E-state index is 0.771. The Kier molecular flexibility index (Phi) is 8.64. The number of ether oxygens (including phenoxy) is 1. The lowest BCUT2D eigenvalue weighted by Gasteiger charge is -2.08. The van der Waals surface area contributed by atoms with Crippen molar-refractivity contribution >= 4 is 0 Å². The molecule has 0 fully saturated rings. The Labute approximate surface area is 118 Å². The third-order valence-electron chi connectivity index (χ3n) is 3.30. The van der Waals surface area contributed by atoms with Gasteiger partial charge in [-0.25, -0.2) is 0 Å². The number of unbranched alkanes of at least 4 members (excludes halogenated alkanes) is 7. The van der Waals surface area contributed by atoms with E-state index in [1.54, 1.807) is 0 Å². The monoisotopic (exact) mass is 258 g/mol. The Balaban J connectivity index is 2.03. The summed E-state index contributed by atoms with van der Waals surface area (Å²) in [7, 11) is 0. The fourth-order valence-electron chi connectivity index (χ4n) is 2.13. The molecule has 0 atom stereocenters. The molecule has 1 nitrogen and oxygen atoms in total. The average Bonchev–Trinajstić information content (AvgIpc) is 2.46. The summed E-state index contributed by atoms with van der Waals surface area (Å²) in [5, 5.41) is 0. The van der Waals surface area contributed by atoms with Crippen molar-refractivity contribution < 1.29 is 4.74 Å². The van der Waals surface area contributed by atoms with Gasteiger partial charge in [0, 0.05) is 0 Å². The maximum atomic E-state index is 5.73. The van der Waals surface area contributed by atoms with E-state index in [2.05, 4.69) is 12.8 Å². The van der Waals surface area contributed by atoms with Gasteiger partial charge in [0.2, 0.25) is 0 Å². The van der Waals surface area contributed by atoms with E-state index in [1.165, 1.54) is 44.9 Å². The molecule has 1 aromatic rings. The van der Waals surface area contributed by atoms with Crippen LogP contribution >= 0.6 is 0 Å². The first-order valence-corrected chi connectivity index (χ1v) is 7.57. The van der Waals surface area contributed by atoms with Crippen molar-refractivity contribution in [3.63, 3.8) is 0 Å². The summed E-state index contributed by atoms with van der Waals surface area (Å²) in [6.07, 6.45) is 16.0. The Bertz CT molecular complexity index is 376. The van der Waals surface area contributed by atoms with Crippen LogP contribution in [0, 0.1) is 12.3 Å². The fourth-order valence-corrected chi connectivity index (χ4v) is 2.13. The molecule has 0 bridgehead atoms. The van der Waals surface area contributed by atoms with Gasteiger partial charge in [-0.2, -0.15) is 0 Å². The van der Waals surface area contributed by atoms with Gasteiger partial charge in [0.25, 0.3) is 0 Å². The number of terminal acetylenes is 1. The molecule has 0 aromatic heterocycles. The number of benzene rings is 1. The molecule has 0 aliphatic heterocycles. The van der Waals surface area contributed by atoms with E-state index in [-0.39, 0.29) is 0 Å². The van der Waals surface area contributed by atoms with Crippen LogP contribution in [0.1, 0.15) is 63.9 Å². The van der Waals surface area contributed by atoms with Gasteiger partial charge < -0.3 is 4.74 Å². The van der Waals surface area contributed by atoms with Crippen molar-refractivity contribution in [2.45, 2.75) is 58.3 Å². The largest absolute Gasteiger partial charge is 0.492 e. The van der Waals surface area contributed by atoms with Gasteiger partial charge in [-0.3, -0.25) is 0 Å². The minimum atomic E-state index is 0.771. The van der Waals surface area contributed by atoms with Gasteiger partial charge in [0.1, 0.15) is 5.75 Å². The summed E-state index contributed by atoms with van der Waals surface area (Å²) in [5.74, 6) is 3.49. The predicted octanol–water partition coefficient (Wildman–Crippen LogP) is 5.19. The Morgan fingerprint density at radius 2 is 1.58 bits per heavy atom. The molecule has 104 valence electrons. The van der Waals surface area contributed by atoms with Crippen LogP contribution < -0.4 is 4.74 Å². The highest BCUT2D eigenvalue weighted by Gasteiger charge is 1.99. The van der Waals surface area contributed by atoms with Crippen LogP contribution in [0.3, 0.4) is 0 Å². The zero-order chi connectivity index (χ0) is 13.8. The molecule has 1 aromatic carbocycles. The van der Waals surface area contributed by atoms with Crippen LogP contribution in [-0.2, 0) is 0 Å². The smallest absolute Gasteiger partial charge is 0.134 e. The number of rotatable bonds is 10. The highest BCUT2D eigenvalue weighted by atomic mass is 16.5. The van der Waals surface area contributed by atoms with Crippen molar-refractivity contribution in [1.82, 2.24) is 0 Å². The van der Waals surface area contributed by atoms with Gasteiger partial charge >= 0.3 is 0 Å². The lowest BCUT2D eigenvalue weighted by Crippen LogP contribution is -1.98. The van der Waals surface area contributed by atoms with Crippen LogP contribution in [0.25, 0.3) is 0 Å². The Morgan fingerprint density at radius 3 is 2.26 bits per heavy atom. The summed E-state index contributed by atoms with van der Waals surface area (Å²) in [5.41, 5.74) is 0.849. The zero-order valence-corrected chi connectivity index (χ0v) is 12.2. The maximum Gasteiger partial charge on any atom is 0.134 e. The van der Waals surface area contributed by atoms with E-state index in [9.17, 15) is 0 Å². The van der Waals surface area contributed by atoms with E-state index in [0.29, 0.717) is 0 Å². The molecule has 0 saturated heterocycles. The van der Waals surface area contributed by atoms with Crippen LogP contribution in [0.4, 0.5) is 0 Å². The highest BCUT2D eigenvalue weighted by molar-refractivity contribution is 5.44. The molecule has 1 rings (SSSR count). The molecule has 0 saturated carbocycles. The molecular formula is C18H26O. The molecule has 0 aliphatic rings. The lowest BCUT2D eigenvalue weighted by atomic mass is 10.1. The third kappa shape index (κ3) is 6.91. The van der Waals surface area contributed by atoms with Crippen LogP contribution in [0.5, 0.6) is 5.75 Å². The first kappa shape index (κ1) is 15.6. The van der Waals surface area contributed by atoms with Crippen LogP contribution in [0.15, 0.2) is 24.3 Å². The number of hydrogen-bond acceptors (Lipinski definition) is 1. The normalized spacial score (nSPS) is 10.1. The fraction of sp³-hybridized carbons (Fsp3) is 0.556. The summed E-state index contributed by atoms with van der Waals surface area (Å²) in [6, 6.07) is 7.77. The Hall–Kier alpha value is -1.42. The molecule has 0 heterocycles. The molecule has 0 radical (unpaired) electrons.